The molecule has 16 heavy (non-hydrogen) atoms. The van der Waals surface area contributed by atoms with Crippen LogP contribution >= 0.6 is 22.6 Å². The summed E-state index contributed by atoms with van der Waals surface area (Å²) in [4.78, 5) is 11.1. The number of hydrogen-bond acceptors (Lipinski definition) is 4. The molecule has 0 amide bonds. The van der Waals surface area contributed by atoms with E-state index in [1.165, 1.54) is 19.3 Å². The normalized spacial score (nSPS) is 29.2. The molecule has 2 heterocycles. The van der Waals surface area contributed by atoms with Gasteiger partial charge >= 0.3 is 0 Å². The summed E-state index contributed by atoms with van der Waals surface area (Å²) >= 11 is 2.23. The molecule has 2 atom stereocenters. The molecule has 1 aliphatic carbocycles. The molecule has 1 aromatic rings. The van der Waals surface area contributed by atoms with Crippen molar-refractivity contribution in [1.82, 2.24) is 9.97 Å². The first kappa shape index (κ1) is 10.7. The van der Waals surface area contributed by atoms with E-state index in [9.17, 15) is 0 Å². The van der Waals surface area contributed by atoms with Gasteiger partial charge in [-0.25, -0.2) is 9.97 Å². The summed E-state index contributed by atoms with van der Waals surface area (Å²) in [6.45, 7) is 1.72. The van der Waals surface area contributed by atoms with Gasteiger partial charge in [0.15, 0.2) is 0 Å². The van der Waals surface area contributed by atoms with Crippen molar-refractivity contribution in [1.29, 1.82) is 0 Å². The fraction of sp³-hybridized carbons (Fsp3) is 0.636. The Labute approximate surface area is 109 Å². The van der Waals surface area contributed by atoms with Gasteiger partial charge in [0.25, 0.3) is 0 Å². The van der Waals surface area contributed by atoms with Gasteiger partial charge in [-0.15, -0.1) is 0 Å². The van der Waals surface area contributed by atoms with E-state index >= 15 is 0 Å². The number of nitrogens with zero attached hydrogens (tertiary/aromatic N) is 3. The minimum absolute atomic E-state index is 0.400. The van der Waals surface area contributed by atoms with E-state index < -0.39 is 0 Å². The topological polar surface area (TPSA) is 38.2 Å². The van der Waals surface area contributed by atoms with E-state index in [2.05, 4.69) is 37.5 Å². The van der Waals surface area contributed by atoms with Crippen LogP contribution in [0.5, 0.6) is 0 Å². The second-order valence-electron chi connectivity index (χ2n) is 4.30. The lowest BCUT2D eigenvalue weighted by Crippen LogP contribution is -2.49. The first-order chi connectivity index (χ1) is 7.84. The number of fused-ring (bicyclic) bond motifs is 1. The maximum Gasteiger partial charge on any atom is 0.225 e. The summed E-state index contributed by atoms with van der Waals surface area (Å²) in [5.74, 6) is 0.862. The zero-order valence-corrected chi connectivity index (χ0v) is 11.1. The Balaban J connectivity index is 1.85. The van der Waals surface area contributed by atoms with Crippen LogP contribution in [0.2, 0.25) is 0 Å². The third kappa shape index (κ3) is 1.90. The van der Waals surface area contributed by atoms with Crippen molar-refractivity contribution in [2.24, 2.45) is 0 Å². The Hall–Kier alpha value is -0.430. The largest absolute Gasteiger partial charge is 0.374 e. The Morgan fingerprint density at radius 1 is 1.31 bits per heavy atom. The Bertz CT molecular complexity index is 370. The van der Waals surface area contributed by atoms with Crippen LogP contribution in [-0.2, 0) is 4.74 Å². The lowest BCUT2D eigenvalue weighted by Gasteiger charge is -2.37. The molecule has 2 unspecified atom stereocenters. The quantitative estimate of drug-likeness (QED) is 0.736. The summed E-state index contributed by atoms with van der Waals surface area (Å²) in [5.41, 5.74) is 0. The van der Waals surface area contributed by atoms with Crippen molar-refractivity contribution >= 4 is 28.5 Å². The van der Waals surface area contributed by atoms with Gasteiger partial charge in [-0.3, -0.25) is 0 Å². The Morgan fingerprint density at radius 3 is 2.94 bits per heavy atom. The van der Waals surface area contributed by atoms with Gasteiger partial charge in [0.05, 0.1) is 18.8 Å². The van der Waals surface area contributed by atoms with Crippen LogP contribution in [0.3, 0.4) is 0 Å². The summed E-state index contributed by atoms with van der Waals surface area (Å²) < 4.78 is 6.86. The standard InChI is InChI=1S/C11H14IN3O/c12-8-6-13-11(14-7-8)15-4-5-16-10-3-1-2-9(10)15/h6-7,9-10H,1-5H2. The molecule has 2 aliphatic rings. The average Bonchev–Trinajstić information content (AvgIpc) is 2.78. The first-order valence-electron chi connectivity index (χ1n) is 5.70. The minimum atomic E-state index is 0.400. The van der Waals surface area contributed by atoms with Crippen LogP contribution in [0.25, 0.3) is 0 Å². The molecule has 5 heteroatoms. The number of halogens is 1. The van der Waals surface area contributed by atoms with E-state index in [4.69, 9.17) is 4.74 Å². The number of anilines is 1. The Kier molecular flexibility index (Phi) is 2.97. The highest BCUT2D eigenvalue weighted by Crippen LogP contribution is 2.31. The van der Waals surface area contributed by atoms with Gasteiger partial charge < -0.3 is 9.64 Å². The predicted molar refractivity (Wildman–Crippen MR) is 69.5 cm³/mol. The molecule has 1 saturated heterocycles. The van der Waals surface area contributed by atoms with Crippen molar-refractivity contribution in [2.45, 2.75) is 31.4 Å². The predicted octanol–water partition coefficient (Wildman–Crippen LogP) is 1.84. The van der Waals surface area contributed by atoms with Gasteiger partial charge in [-0.1, -0.05) is 0 Å². The second kappa shape index (κ2) is 4.44. The van der Waals surface area contributed by atoms with Crippen LogP contribution in [0.15, 0.2) is 12.4 Å². The van der Waals surface area contributed by atoms with Gasteiger partial charge in [-0.05, 0) is 41.9 Å². The number of rotatable bonds is 1. The van der Waals surface area contributed by atoms with Crippen molar-refractivity contribution in [2.75, 3.05) is 18.1 Å². The lowest BCUT2D eigenvalue weighted by atomic mass is 10.1. The molecule has 0 aromatic carbocycles. The maximum atomic E-state index is 5.78. The van der Waals surface area contributed by atoms with Crippen molar-refractivity contribution in [3.63, 3.8) is 0 Å². The number of morpholine rings is 1. The van der Waals surface area contributed by atoms with E-state index in [0.717, 1.165) is 22.7 Å². The Morgan fingerprint density at radius 2 is 2.12 bits per heavy atom. The SMILES string of the molecule is Ic1cnc(N2CCOC3CCCC32)nc1. The van der Waals surface area contributed by atoms with E-state index in [1.807, 2.05) is 12.4 Å². The zero-order valence-electron chi connectivity index (χ0n) is 8.97. The first-order valence-corrected chi connectivity index (χ1v) is 6.78. The molecule has 0 radical (unpaired) electrons. The molecule has 3 rings (SSSR count). The number of aromatic nitrogens is 2. The third-order valence-electron chi connectivity index (χ3n) is 3.35. The van der Waals surface area contributed by atoms with Crippen LogP contribution in [0.1, 0.15) is 19.3 Å². The van der Waals surface area contributed by atoms with Gasteiger partial charge in [0.1, 0.15) is 0 Å². The molecular weight excluding hydrogens is 317 g/mol. The number of hydrogen-bond donors (Lipinski definition) is 0. The highest BCUT2D eigenvalue weighted by molar-refractivity contribution is 14.1. The molecular formula is C11H14IN3O. The second-order valence-corrected chi connectivity index (χ2v) is 5.55. The minimum Gasteiger partial charge on any atom is -0.374 e. The van der Waals surface area contributed by atoms with Crippen LogP contribution in [0, 0.1) is 3.57 Å². The highest BCUT2D eigenvalue weighted by atomic mass is 127. The molecule has 2 fully saturated rings. The van der Waals surface area contributed by atoms with Crippen molar-refractivity contribution in [3.05, 3.63) is 16.0 Å². The third-order valence-corrected chi connectivity index (χ3v) is 3.90. The van der Waals surface area contributed by atoms with E-state index in [0.29, 0.717) is 12.1 Å². The average molecular weight is 331 g/mol. The molecule has 0 spiro atoms. The molecule has 86 valence electrons. The number of ether oxygens (including phenoxy) is 1. The monoisotopic (exact) mass is 331 g/mol. The molecule has 1 saturated carbocycles. The summed E-state index contributed by atoms with van der Waals surface area (Å²) in [5, 5.41) is 0. The van der Waals surface area contributed by atoms with Gasteiger partial charge in [-0.2, -0.15) is 0 Å². The molecule has 0 bridgehead atoms. The molecule has 0 N–H and O–H groups in total. The molecule has 4 nitrogen and oxygen atoms in total. The zero-order chi connectivity index (χ0) is 11.0. The van der Waals surface area contributed by atoms with Crippen molar-refractivity contribution < 1.29 is 4.74 Å². The maximum absolute atomic E-state index is 5.78. The summed E-state index contributed by atoms with van der Waals surface area (Å²) in [6.07, 6.45) is 7.81. The van der Waals surface area contributed by atoms with Crippen molar-refractivity contribution in [3.8, 4) is 0 Å². The highest BCUT2D eigenvalue weighted by Gasteiger charge is 2.37. The van der Waals surface area contributed by atoms with Gasteiger partial charge in [0, 0.05) is 22.5 Å². The van der Waals surface area contributed by atoms with Crippen LogP contribution in [0.4, 0.5) is 5.95 Å². The summed E-state index contributed by atoms with van der Waals surface area (Å²) in [6, 6.07) is 0.494. The van der Waals surface area contributed by atoms with E-state index in [-0.39, 0.29) is 0 Å². The molecule has 1 aliphatic heterocycles. The fourth-order valence-corrected chi connectivity index (χ4v) is 2.91. The van der Waals surface area contributed by atoms with Crippen LogP contribution in [-0.4, -0.2) is 35.3 Å². The fourth-order valence-electron chi connectivity index (χ4n) is 2.63. The smallest absolute Gasteiger partial charge is 0.225 e. The van der Waals surface area contributed by atoms with Crippen LogP contribution < -0.4 is 4.90 Å². The van der Waals surface area contributed by atoms with E-state index in [1.54, 1.807) is 0 Å². The summed E-state index contributed by atoms with van der Waals surface area (Å²) in [7, 11) is 0. The van der Waals surface area contributed by atoms with Gasteiger partial charge in [0.2, 0.25) is 5.95 Å². The molecule has 1 aromatic heterocycles. The lowest BCUT2D eigenvalue weighted by molar-refractivity contribution is 0.0250.